The van der Waals surface area contributed by atoms with E-state index in [1.807, 2.05) is 12.3 Å². The van der Waals surface area contributed by atoms with E-state index in [0.29, 0.717) is 10.9 Å². The summed E-state index contributed by atoms with van der Waals surface area (Å²) in [6, 6.07) is 6.45. The quantitative estimate of drug-likeness (QED) is 0.648. The predicted octanol–water partition coefficient (Wildman–Crippen LogP) is 4.91. The van der Waals surface area contributed by atoms with Crippen LogP contribution in [0.2, 0.25) is 0 Å². The van der Waals surface area contributed by atoms with E-state index in [4.69, 9.17) is 4.98 Å². The summed E-state index contributed by atoms with van der Waals surface area (Å²) in [7, 11) is 0. The lowest BCUT2D eigenvalue weighted by Crippen LogP contribution is -2.14. The Balaban J connectivity index is 1.80. The highest BCUT2D eigenvalue weighted by Gasteiger charge is 2.12. The molecule has 2 heterocycles. The largest absolute Gasteiger partial charge is 0.301 e. The van der Waals surface area contributed by atoms with Crippen molar-refractivity contribution in [3.63, 3.8) is 0 Å². The first-order valence-corrected chi connectivity index (χ1v) is 10.1. The third kappa shape index (κ3) is 4.02. The first kappa shape index (κ1) is 17.9. The van der Waals surface area contributed by atoms with Crippen LogP contribution in [-0.4, -0.2) is 21.6 Å². The summed E-state index contributed by atoms with van der Waals surface area (Å²) in [6.45, 7) is 8.23. The first-order valence-electron chi connectivity index (χ1n) is 8.22. The number of carbonyl (C=O) groups excluding carboxylic acids is 1. The number of thioether (sulfide) groups is 1. The van der Waals surface area contributed by atoms with Gasteiger partial charge in [0.05, 0.1) is 17.0 Å². The molecular formula is C19H21N3OS2. The minimum atomic E-state index is -0.0516. The van der Waals surface area contributed by atoms with Crippen LogP contribution in [-0.2, 0) is 11.2 Å². The van der Waals surface area contributed by atoms with Gasteiger partial charge in [-0.3, -0.25) is 4.79 Å². The van der Waals surface area contributed by atoms with E-state index >= 15 is 0 Å². The van der Waals surface area contributed by atoms with Crippen LogP contribution in [0.3, 0.4) is 0 Å². The maximum absolute atomic E-state index is 12.2. The molecule has 0 saturated heterocycles. The maximum atomic E-state index is 12.2. The van der Waals surface area contributed by atoms with Crippen LogP contribution in [0.1, 0.15) is 29.3 Å². The van der Waals surface area contributed by atoms with Gasteiger partial charge in [0.2, 0.25) is 5.91 Å². The average Bonchev–Trinajstić information content (AvgIpc) is 3.00. The van der Waals surface area contributed by atoms with E-state index in [1.165, 1.54) is 39.8 Å². The smallest absolute Gasteiger partial charge is 0.236 e. The SMILES string of the molecule is CCc1cc2ccc(C)c(C)c2nc1SCC(=O)Nc1nc(C)cs1. The molecule has 0 aliphatic rings. The molecule has 0 saturated carbocycles. The molecule has 6 heteroatoms. The summed E-state index contributed by atoms with van der Waals surface area (Å²) in [4.78, 5) is 21.3. The fraction of sp³-hybridized carbons (Fsp3) is 0.316. The molecule has 0 aliphatic heterocycles. The lowest BCUT2D eigenvalue weighted by molar-refractivity contribution is -0.113. The van der Waals surface area contributed by atoms with E-state index in [2.05, 4.69) is 49.3 Å². The van der Waals surface area contributed by atoms with Gasteiger partial charge in [-0.05, 0) is 49.9 Å². The van der Waals surface area contributed by atoms with Gasteiger partial charge in [-0.15, -0.1) is 11.3 Å². The molecule has 130 valence electrons. The van der Waals surface area contributed by atoms with E-state index in [1.54, 1.807) is 0 Å². The van der Waals surface area contributed by atoms with Crippen molar-refractivity contribution in [3.8, 4) is 0 Å². The molecule has 0 unspecified atom stereocenters. The number of nitrogens with zero attached hydrogens (tertiary/aromatic N) is 2. The lowest BCUT2D eigenvalue weighted by atomic mass is 10.0. The summed E-state index contributed by atoms with van der Waals surface area (Å²) in [5.74, 6) is 0.277. The Kier molecular flexibility index (Phi) is 5.39. The number of nitrogens with one attached hydrogen (secondary N) is 1. The Morgan fingerprint density at radius 1 is 1.24 bits per heavy atom. The van der Waals surface area contributed by atoms with Crippen molar-refractivity contribution >= 4 is 45.0 Å². The molecule has 1 N–H and O–H groups in total. The van der Waals surface area contributed by atoms with E-state index < -0.39 is 0 Å². The van der Waals surface area contributed by atoms with Crippen LogP contribution in [0.5, 0.6) is 0 Å². The highest BCUT2D eigenvalue weighted by atomic mass is 32.2. The number of rotatable bonds is 5. The van der Waals surface area contributed by atoms with Gasteiger partial charge >= 0.3 is 0 Å². The Hall–Kier alpha value is -1.92. The third-order valence-corrected chi connectivity index (χ3v) is 6.05. The number of aromatic nitrogens is 2. The molecule has 0 fully saturated rings. The van der Waals surface area contributed by atoms with Crippen molar-refractivity contribution in [2.24, 2.45) is 0 Å². The Morgan fingerprint density at radius 3 is 2.72 bits per heavy atom. The molecule has 0 atom stereocenters. The number of hydrogen-bond donors (Lipinski definition) is 1. The molecule has 3 aromatic rings. The van der Waals surface area contributed by atoms with E-state index in [-0.39, 0.29) is 5.91 Å². The van der Waals surface area contributed by atoms with Crippen molar-refractivity contribution in [1.82, 2.24) is 9.97 Å². The second-order valence-corrected chi connectivity index (χ2v) is 7.84. The van der Waals surface area contributed by atoms with Crippen molar-refractivity contribution < 1.29 is 4.79 Å². The van der Waals surface area contributed by atoms with Gasteiger partial charge in [-0.25, -0.2) is 9.97 Å². The molecule has 4 nitrogen and oxygen atoms in total. The van der Waals surface area contributed by atoms with E-state index in [9.17, 15) is 4.79 Å². The van der Waals surface area contributed by atoms with Crippen molar-refractivity contribution in [2.75, 3.05) is 11.1 Å². The number of benzene rings is 1. The lowest BCUT2D eigenvalue weighted by Gasteiger charge is -2.11. The third-order valence-electron chi connectivity index (χ3n) is 4.14. The zero-order valence-electron chi connectivity index (χ0n) is 14.8. The number of carbonyl (C=O) groups is 1. The molecule has 0 bridgehead atoms. The van der Waals surface area contributed by atoms with Gasteiger partial charge in [-0.2, -0.15) is 0 Å². The average molecular weight is 372 g/mol. The van der Waals surface area contributed by atoms with Gasteiger partial charge in [0, 0.05) is 10.8 Å². The minimum absolute atomic E-state index is 0.0516. The summed E-state index contributed by atoms with van der Waals surface area (Å²) < 4.78 is 0. The number of hydrogen-bond acceptors (Lipinski definition) is 5. The summed E-state index contributed by atoms with van der Waals surface area (Å²) >= 11 is 2.93. The molecule has 0 spiro atoms. The Labute approximate surface area is 156 Å². The first-order chi connectivity index (χ1) is 12.0. The molecule has 0 radical (unpaired) electrons. The Morgan fingerprint density at radius 2 is 2.04 bits per heavy atom. The molecule has 1 aromatic carbocycles. The number of thiazole rings is 1. The second-order valence-electron chi connectivity index (χ2n) is 6.02. The fourth-order valence-corrected chi connectivity index (χ4v) is 4.18. The van der Waals surface area contributed by atoms with Crippen molar-refractivity contribution in [2.45, 2.75) is 39.1 Å². The summed E-state index contributed by atoms with van der Waals surface area (Å²) in [5.41, 5.74) is 5.55. The number of fused-ring (bicyclic) bond motifs is 1. The second kappa shape index (κ2) is 7.54. The summed E-state index contributed by atoms with van der Waals surface area (Å²) in [5, 5.41) is 7.52. The molecular weight excluding hydrogens is 350 g/mol. The van der Waals surface area contributed by atoms with Crippen molar-refractivity contribution in [1.29, 1.82) is 0 Å². The monoisotopic (exact) mass is 371 g/mol. The van der Waals surface area contributed by atoms with Crippen molar-refractivity contribution in [3.05, 3.63) is 46.0 Å². The number of aryl methyl sites for hydroxylation is 4. The van der Waals surface area contributed by atoms with Gasteiger partial charge in [0.1, 0.15) is 5.03 Å². The standard InChI is InChI=1S/C19H21N3OS2/c1-5-14-8-15-7-6-11(2)13(4)17(15)22-18(14)24-10-16(23)21-19-20-12(3)9-25-19/h6-9H,5,10H2,1-4H3,(H,20,21,23). The van der Waals surface area contributed by atoms with Crippen LogP contribution in [0.15, 0.2) is 28.6 Å². The predicted molar refractivity (Wildman–Crippen MR) is 107 cm³/mol. The van der Waals surface area contributed by atoms with Crippen LogP contribution < -0.4 is 5.32 Å². The van der Waals surface area contributed by atoms with Gasteiger partial charge in [-0.1, -0.05) is 30.8 Å². The highest BCUT2D eigenvalue weighted by Crippen LogP contribution is 2.28. The molecule has 1 amide bonds. The van der Waals surface area contributed by atoms with Gasteiger partial charge < -0.3 is 5.32 Å². The molecule has 0 aliphatic carbocycles. The maximum Gasteiger partial charge on any atom is 0.236 e. The normalized spacial score (nSPS) is 11.0. The highest BCUT2D eigenvalue weighted by molar-refractivity contribution is 8.00. The molecule has 2 aromatic heterocycles. The molecule has 25 heavy (non-hydrogen) atoms. The Bertz CT molecular complexity index is 934. The number of anilines is 1. The molecule has 3 rings (SSSR count). The minimum Gasteiger partial charge on any atom is -0.301 e. The fourth-order valence-electron chi connectivity index (χ4n) is 2.59. The number of pyridine rings is 1. The van der Waals surface area contributed by atoms with E-state index in [0.717, 1.165) is 28.0 Å². The zero-order chi connectivity index (χ0) is 18.0. The number of amides is 1. The van der Waals surface area contributed by atoms with Gasteiger partial charge in [0.25, 0.3) is 0 Å². The topological polar surface area (TPSA) is 54.9 Å². The van der Waals surface area contributed by atoms with Crippen LogP contribution in [0, 0.1) is 20.8 Å². The zero-order valence-corrected chi connectivity index (χ0v) is 16.5. The van der Waals surface area contributed by atoms with Crippen LogP contribution >= 0.6 is 23.1 Å². The summed E-state index contributed by atoms with van der Waals surface area (Å²) in [6.07, 6.45) is 0.894. The van der Waals surface area contributed by atoms with Crippen LogP contribution in [0.25, 0.3) is 10.9 Å². The van der Waals surface area contributed by atoms with Gasteiger partial charge in [0.15, 0.2) is 5.13 Å². The van der Waals surface area contributed by atoms with Crippen LogP contribution in [0.4, 0.5) is 5.13 Å².